The van der Waals surface area contributed by atoms with E-state index in [1.807, 2.05) is 0 Å². The number of ether oxygens (including phenoxy) is 2. The van der Waals surface area contributed by atoms with Gasteiger partial charge in [-0.25, -0.2) is 0 Å². The lowest BCUT2D eigenvalue weighted by atomic mass is 10.2. The summed E-state index contributed by atoms with van der Waals surface area (Å²) in [6, 6.07) is 0.625. The van der Waals surface area contributed by atoms with E-state index in [0.29, 0.717) is 18.2 Å². The Kier molecular flexibility index (Phi) is 5.22. The Balaban J connectivity index is 1.61. The molecular formula is C13H26N2O2. The van der Waals surface area contributed by atoms with Gasteiger partial charge < -0.3 is 14.8 Å². The van der Waals surface area contributed by atoms with Crippen LogP contribution in [0.3, 0.4) is 0 Å². The van der Waals surface area contributed by atoms with Crippen LogP contribution in [0.5, 0.6) is 0 Å². The van der Waals surface area contributed by atoms with Crippen molar-refractivity contribution in [3.63, 3.8) is 0 Å². The van der Waals surface area contributed by atoms with E-state index in [-0.39, 0.29) is 0 Å². The molecule has 2 heterocycles. The second-order valence-corrected chi connectivity index (χ2v) is 5.37. The molecule has 0 aromatic rings. The molecule has 2 fully saturated rings. The summed E-state index contributed by atoms with van der Waals surface area (Å²) in [5.41, 5.74) is 0. The topological polar surface area (TPSA) is 33.7 Å². The fourth-order valence-corrected chi connectivity index (χ4v) is 2.55. The highest BCUT2D eigenvalue weighted by atomic mass is 16.5. The van der Waals surface area contributed by atoms with Crippen molar-refractivity contribution in [3.8, 4) is 0 Å². The molecule has 2 aliphatic rings. The SMILES string of the molecule is CC(C)N1CCOC(CNCC2CCCO2)C1. The minimum Gasteiger partial charge on any atom is -0.377 e. The predicted molar refractivity (Wildman–Crippen MR) is 68.3 cm³/mol. The summed E-state index contributed by atoms with van der Waals surface area (Å²) < 4.78 is 11.4. The van der Waals surface area contributed by atoms with Gasteiger partial charge in [0.1, 0.15) is 0 Å². The molecule has 0 spiro atoms. The van der Waals surface area contributed by atoms with Crippen molar-refractivity contribution < 1.29 is 9.47 Å². The minimum absolute atomic E-state index is 0.340. The van der Waals surface area contributed by atoms with Crippen LogP contribution in [-0.2, 0) is 9.47 Å². The molecular weight excluding hydrogens is 216 g/mol. The Hall–Kier alpha value is -0.160. The monoisotopic (exact) mass is 242 g/mol. The quantitative estimate of drug-likeness (QED) is 0.775. The van der Waals surface area contributed by atoms with Crippen LogP contribution in [0.1, 0.15) is 26.7 Å². The highest BCUT2D eigenvalue weighted by Crippen LogP contribution is 2.11. The van der Waals surface area contributed by atoms with Gasteiger partial charge in [0.15, 0.2) is 0 Å². The van der Waals surface area contributed by atoms with Crippen LogP contribution in [0.2, 0.25) is 0 Å². The molecule has 0 radical (unpaired) electrons. The fourth-order valence-electron chi connectivity index (χ4n) is 2.55. The van der Waals surface area contributed by atoms with Gasteiger partial charge in [-0.05, 0) is 26.7 Å². The molecule has 0 aromatic heterocycles. The first-order valence-corrected chi connectivity index (χ1v) is 6.93. The smallest absolute Gasteiger partial charge is 0.0826 e. The van der Waals surface area contributed by atoms with Crippen molar-refractivity contribution in [1.29, 1.82) is 0 Å². The van der Waals surface area contributed by atoms with Crippen molar-refractivity contribution >= 4 is 0 Å². The van der Waals surface area contributed by atoms with Crippen LogP contribution in [-0.4, -0.2) is 62.5 Å². The maximum atomic E-state index is 5.78. The number of nitrogens with one attached hydrogen (secondary N) is 1. The van der Waals surface area contributed by atoms with Gasteiger partial charge in [0.25, 0.3) is 0 Å². The normalized spacial score (nSPS) is 31.2. The van der Waals surface area contributed by atoms with Crippen molar-refractivity contribution in [2.75, 3.05) is 39.4 Å². The van der Waals surface area contributed by atoms with Crippen molar-refractivity contribution in [2.24, 2.45) is 0 Å². The summed E-state index contributed by atoms with van der Waals surface area (Å²) >= 11 is 0. The first-order valence-electron chi connectivity index (χ1n) is 6.93. The van der Waals surface area contributed by atoms with Gasteiger partial charge in [0.2, 0.25) is 0 Å². The highest BCUT2D eigenvalue weighted by molar-refractivity contribution is 4.76. The largest absolute Gasteiger partial charge is 0.377 e. The van der Waals surface area contributed by atoms with Gasteiger partial charge >= 0.3 is 0 Å². The number of nitrogens with zero attached hydrogens (tertiary/aromatic N) is 1. The van der Waals surface area contributed by atoms with E-state index < -0.39 is 0 Å². The first kappa shape index (κ1) is 13.3. The van der Waals surface area contributed by atoms with Crippen LogP contribution in [0.4, 0.5) is 0 Å². The van der Waals surface area contributed by atoms with E-state index in [1.165, 1.54) is 12.8 Å². The van der Waals surface area contributed by atoms with E-state index >= 15 is 0 Å². The molecule has 2 atom stereocenters. The number of rotatable bonds is 5. The third-order valence-electron chi connectivity index (χ3n) is 3.67. The molecule has 2 saturated heterocycles. The fraction of sp³-hybridized carbons (Fsp3) is 1.00. The van der Waals surface area contributed by atoms with Crippen LogP contribution in [0.25, 0.3) is 0 Å². The average molecular weight is 242 g/mol. The molecule has 1 N–H and O–H groups in total. The summed E-state index contributed by atoms with van der Waals surface area (Å²) in [7, 11) is 0. The molecule has 4 heteroatoms. The van der Waals surface area contributed by atoms with E-state index in [2.05, 4.69) is 24.1 Å². The van der Waals surface area contributed by atoms with Gasteiger partial charge in [0.05, 0.1) is 18.8 Å². The summed E-state index contributed by atoms with van der Waals surface area (Å²) in [6.07, 6.45) is 3.19. The Morgan fingerprint density at radius 1 is 1.18 bits per heavy atom. The third-order valence-corrected chi connectivity index (χ3v) is 3.67. The molecule has 2 rings (SSSR count). The second-order valence-electron chi connectivity index (χ2n) is 5.37. The van der Waals surface area contributed by atoms with E-state index in [0.717, 1.165) is 39.4 Å². The van der Waals surface area contributed by atoms with Gasteiger partial charge in [-0.2, -0.15) is 0 Å². The van der Waals surface area contributed by atoms with Gasteiger partial charge in [0, 0.05) is 38.8 Å². The number of morpholine rings is 1. The molecule has 2 unspecified atom stereocenters. The number of hydrogen-bond acceptors (Lipinski definition) is 4. The van der Waals surface area contributed by atoms with Gasteiger partial charge in [-0.3, -0.25) is 4.90 Å². The molecule has 2 aliphatic heterocycles. The maximum absolute atomic E-state index is 5.78. The number of hydrogen-bond donors (Lipinski definition) is 1. The Bertz CT molecular complexity index is 217. The Morgan fingerprint density at radius 2 is 1.94 bits per heavy atom. The summed E-state index contributed by atoms with van der Waals surface area (Å²) in [4.78, 5) is 2.49. The Morgan fingerprint density at radius 3 is 2.65 bits per heavy atom. The molecule has 0 bridgehead atoms. The molecule has 4 nitrogen and oxygen atoms in total. The van der Waals surface area contributed by atoms with E-state index in [4.69, 9.17) is 9.47 Å². The highest BCUT2D eigenvalue weighted by Gasteiger charge is 2.22. The zero-order valence-electron chi connectivity index (χ0n) is 11.2. The van der Waals surface area contributed by atoms with Crippen LogP contribution in [0.15, 0.2) is 0 Å². The maximum Gasteiger partial charge on any atom is 0.0826 e. The van der Waals surface area contributed by atoms with Crippen LogP contribution in [0, 0.1) is 0 Å². The second kappa shape index (κ2) is 6.69. The van der Waals surface area contributed by atoms with Gasteiger partial charge in [-0.1, -0.05) is 0 Å². The molecule has 0 amide bonds. The standard InChI is InChI=1S/C13H26N2O2/c1-11(2)15-5-7-17-13(10-15)9-14-8-12-4-3-6-16-12/h11-14H,3-10H2,1-2H3. The van der Waals surface area contributed by atoms with Crippen LogP contribution >= 0.6 is 0 Å². The lowest BCUT2D eigenvalue weighted by Crippen LogP contribution is -2.49. The third kappa shape index (κ3) is 4.21. The van der Waals surface area contributed by atoms with Crippen molar-refractivity contribution in [3.05, 3.63) is 0 Å². The molecule has 0 aliphatic carbocycles. The van der Waals surface area contributed by atoms with E-state index in [1.54, 1.807) is 0 Å². The molecule has 100 valence electrons. The predicted octanol–water partition coefficient (Wildman–Crippen LogP) is 0.864. The molecule has 0 aromatic carbocycles. The van der Waals surface area contributed by atoms with E-state index in [9.17, 15) is 0 Å². The zero-order chi connectivity index (χ0) is 12.1. The van der Waals surface area contributed by atoms with Crippen molar-refractivity contribution in [2.45, 2.75) is 44.9 Å². The summed E-state index contributed by atoms with van der Waals surface area (Å²) in [5.74, 6) is 0. The summed E-state index contributed by atoms with van der Waals surface area (Å²) in [6.45, 7) is 10.4. The van der Waals surface area contributed by atoms with Crippen molar-refractivity contribution in [1.82, 2.24) is 10.2 Å². The van der Waals surface area contributed by atoms with Crippen LogP contribution < -0.4 is 5.32 Å². The molecule has 0 saturated carbocycles. The lowest BCUT2D eigenvalue weighted by Gasteiger charge is -2.35. The first-order chi connectivity index (χ1) is 8.25. The average Bonchev–Trinajstić information content (AvgIpc) is 2.82. The lowest BCUT2D eigenvalue weighted by molar-refractivity contribution is -0.0381. The molecule has 17 heavy (non-hydrogen) atoms. The summed E-state index contributed by atoms with van der Waals surface area (Å²) in [5, 5.41) is 3.48. The minimum atomic E-state index is 0.340. The van der Waals surface area contributed by atoms with Gasteiger partial charge in [-0.15, -0.1) is 0 Å². The zero-order valence-corrected chi connectivity index (χ0v) is 11.2. The Labute approximate surface area is 105 Å².